The molecule has 0 aromatic heterocycles. The first-order chi connectivity index (χ1) is 7.74. The highest BCUT2D eigenvalue weighted by Gasteiger charge is 1.97. The second kappa shape index (κ2) is 4.71. The van der Waals surface area contributed by atoms with E-state index in [0.717, 1.165) is 24.2 Å². The number of hydrogen-bond donors (Lipinski definition) is 2. The molecule has 2 rings (SSSR count). The van der Waals surface area contributed by atoms with Gasteiger partial charge in [-0.1, -0.05) is 24.3 Å². The molecule has 0 spiro atoms. The molecule has 0 heterocycles. The number of hydrogen-bond acceptors (Lipinski definition) is 2. The highest BCUT2D eigenvalue weighted by molar-refractivity contribution is 5.42. The van der Waals surface area contributed by atoms with Gasteiger partial charge in [0, 0.05) is 11.4 Å². The van der Waals surface area contributed by atoms with Gasteiger partial charge in [0.25, 0.3) is 0 Å². The lowest BCUT2D eigenvalue weighted by Crippen LogP contribution is -1.94. The molecule has 0 bridgehead atoms. The molecule has 0 unspecified atom stereocenters. The number of anilines is 2. The van der Waals surface area contributed by atoms with Gasteiger partial charge in [0.1, 0.15) is 0 Å². The highest BCUT2D eigenvalue weighted by atomic mass is 14.5. The van der Waals surface area contributed by atoms with Gasteiger partial charge in [-0.25, -0.2) is 0 Å². The molecule has 2 nitrogen and oxygen atoms in total. The minimum Gasteiger partial charge on any atom is -0.399 e. The quantitative estimate of drug-likeness (QED) is 0.768. The van der Waals surface area contributed by atoms with E-state index >= 15 is 0 Å². The second-order valence-electron chi connectivity index (χ2n) is 3.99. The fourth-order valence-electron chi connectivity index (χ4n) is 1.79. The lowest BCUT2D eigenvalue weighted by atomic mass is 10.0. The molecule has 0 aliphatic heterocycles. The first kappa shape index (κ1) is 10.6. The fraction of sp³-hybridized carbons (Fsp3) is 0.143. The van der Waals surface area contributed by atoms with Crippen LogP contribution in [0.4, 0.5) is 11.4 Å². The lowest BCUT2D eigenvalue weighted by molar-refractivity contribution is 0.961. The standard InChI is InChI=1S/C14H16N2/c15-13-5-1-3-11(9-13)7-8-12-4-2-6-14(16)10-12/h1-6,9-10H,7-8,15-16H2. The summed E-state index contributed by atoms with van der Waals surface area (Å²) in [7, 11) is 0. The molecule has 0 saturated carbocycles. The van der Waals surface area contributed by atoms with Crippen LogP contribution in [0.2, 0.25) is 0 Å². The third-order valence-electron chi connectivity index (χ3n) is 2.60. The summed E-state index contributed by atoms with van der Waals surface area (Å²) in [5.41, 5.74) is 15.6. The molecule has 0 amide bonds. The van der Waals surface area contributed by atoms with Crippen LogP contribution in [0.25, 0.3) is 0 Å². The predicted octanol–water partition coefficient (Wildman–Crippen LogP) is 2.64. The van der Waals surface area contributed by atoms with Crippen LogP contribution in [-0.2, 0) is 12.8 Å². The smallest absolute Gasteiger partial charge is 0.0316 e. The Kier molecular flexibility index (Phi) is 3.10. The van der Waals surface area contributed by atoms with Crippen molar-refractivity contribution in [1.82, 2.24) is 0 Å². The number of aryl methyl sites for hydroxylation is 2. The van der Waals surface area contributed by atoms with Gasteiger partial charge in [0.05, 0.1) is 0 Å². The Balaban J connectivity index is 2.02. The molecule has 2 heteroatoms. The SMILES string of the molecule is Nc1cccc(CCc2cccc(N)c2)c1. The Bertz CT molecular complexity index is 432. The van der Waals surface area contributed by atoms with Gasteiger partial charge in [-0.15, -0.1) is 0 Å². The minimum absolute atomic E-state index is 0.824. The Morgan fingerprint density at radius 3 is 1.50 bits per heavy atom. The molecule has 0 aliphatic rings. The normalized spacial score (nSPS) is 10.2. The molecular weight excluding hydrogens is 196 g/mol. The highest BCUT2D eigenvalue weighted by Crippen LogP contribution is 2.12. The van der Waals surface area contributed by atoms with Gasteiger partial charge in [-0.05, 0) is 48.2 Å². The molecule has 0 atom stereocenters. The molecule has 2 aromatic rings. The Labute approximate surface area is 95.9 Å². The summed E-state index contributed by atoms with van der Waals surface area (Å²) in [6.07, 6.45) is 1.99. The predicted molar refractivity (Wildman–Crippen MR) is 69.1 cm³/mol. The topological polar surface area (TPSA) is 52.0 Å². The van der Waals surface area contributed by atoms with E-state index in [9.17, 15) is 0 Å². The molecule has 0 saturated heterocycles. The maximum Gasteiger partial charge on any atom is 0.0316 e. The van der Waals surface area contributed by atoms with E-state index in [-0.39, 0.29) is 0 Å². The van der Waals surface area contributed by atoms with Gasteiger partial charge < -0.3 is 11.5 Å². The summed E-state index contributed by atoms with van der Waals surface area (Å²) in [5, 5.41) is 0. The molecular formula is C14H16N2. The van der Waals surface area contributed by atoms with Crippen LogP contribution in [0, 0.1) is 0 Å². The van der Waals surface area contributed by atoms with Crippen molar-refractivity contribution in [2.45, 2.75) is 12.8 Å². The van der Waals surface area contributed by atoms with Crippen LogP contribution < -0.4 is 11.5 Å². The van der Waals surface area contributed by atoms with Gasteiger partial charge in [-0.3, -0.25) is 0 Å². The number of nitrogens with two attached hydrogens (primary N) is 2. The average Bonchev–Trinajstić information content (AvgIpc) is 2.27. The molecule has 2 aromatic carbocycles. The van der Waals surface area contributed by atoms with Crippen molar-refractivity contribution >= 4 is 11.4 Å². The van der Waals surface area contributed by atoms with E-state index < -0.39 is 0 Å². The maximum atomic E-state index is 5.73. The summed E-state index contributed by atoms with van der Waals surface area (Å²) in [5.74, 6) is 0. The minimum atomic E-state index is 0.824. The van der Waals surface area contributed by atoms with E-state index in [0.29, 0.717) is 0 Å². The van der Waals surface area contributed by atoms with E-state index in [1.807, 2.05) is 36.4 Å². The van der Waals surface area contributed by atoms with E-state index in [1.54, 1.807) is 0 Å². The summed E-state index contributed by atoms with van der Waals surface area (Å²) < 4.78 is 0. The van der Waals surface area contributed by atoms with Gasteiger partial charge >= 0.3 is 0 Å². The number of nitrogen functional groups attached to an aromatic ring is 2. The van der Waals surface area contributed by atoms with Crippen LogP contribution in [0.5, 0.6) is 0 Å². The Morgan fingerprint density at radius 2 is 1.12 bits per heavy atom. The molecule has 0 aliphatic carbocycles. The van der Waals surface area contributed by atoms with Crippen molar-refractivity contribution in [2.75, 3.05) is 11.5 Å². The third kappa shape index (κ3) is 2.76. The average molecular weight is 212 g/mol. The summed E-state index contributed by atoms with van der Waals surface area (Å²) in [6.45, 7) is 0. The monoisotopic (exact) mass is 212 g/mol. The largest absolute Gasteiger partial charge is 0.399 e. The van der Waals surface area contributed by atoms with Crippen LogP contribution in [0.1, 0.15) is 11.1 Å². The first-order valence-corrected chi connectivity index (χ1v) is 5.43. The van der Waals surface area contributed by atoms with Crippen molar-refractivity contribution in [1.29, 1.82) is 0 Å². The zero-order valence-corrected chi connectivity index (χ0v) is 9.19. The molecule has 82 valence electrons. The van der Waals surface area contributed by atoms with E-state index in [1.165, 1.54) is 11.1 Å². The second-order valence-corrected chi connectivity index (χ2v) is 3.99. The lowest BCUT2D eigenvalue weighted by Gasteiger charge is -2.04. The fourth-order valence-corrected chi connectivity index (χ4v) is 1.79. The zero-order valence-electron chi connectivity index (χ0n) is 9.19. The summed E-state index contributed by atoms with van der Waals surface area (Å²) >= 11 is 0. The van der Waals surface area contributed by atoms with Gasteiger partial charge in [0.15, 0.2) is 0 Å². The van der Waals surface area contributed by atoms with Crippen LogP contribution in [0.15, 0.2) is 48.5 Å². The molecule has 0 fully saturated rings. The van der Waals surface area contributed by atoms with Crippen LogP contribution in [0.3, 0.4) is 0 Å². The number of rotatable bonds is 3. The van der Waals surface area contributed by atoms with E-state index in [2.05, 4.69) is 12.1 Å². The zero-order chi connectivity index (χ0) is 11.4. The van der Waals surface area contributed by atoms with Crippen LogP contribution >= 0.6 is 0 Å². The van der Waals surface area contributed by atoms with E-state index in [4.69, 9.17) is 11.5 Å². The summed E-state index contributed by atoms with van der Waals surface area (Å²) in [4.78, 5) is 0. The Hall–Kier alpha value is -1.96. The number of benzene rings is 2. The third-order valence-corrected chi connectivity index (χ3v) is 2.60. The maximum absolute atomic E-state index is 5.73. The van der Waals surface area contributed by atoms with Crippen molar-refractivity contribution in [2.24, 2.45) is 0 Å². The summed E-state index contributed by atoms with van der Waals surface area (Å²) in [6, 6.07) is 16.0. The van der Waals surface area contributed by atoms with Gasteiger partial charge in [-0.2, -0.15) is 0 Å². The first-order valence-electron chi connectivity index (χ1n) is 5.43. The molecule has 0 radical (unpaired) electrons. The van der Waals surface area contributed by atoms with Crippen molar-refractivity contribution in [3.05, 3.63) is 59.7 Å². The molecule has 4 N–H and O–H groups in total. The Morgan fingerprint density at radius 1 is 0.688 bits per heavy atom. The van der Waals surface area contributed by atoms with Crippen molar-refractivity contribution < 1.29 is 0 Å². The molecule has 16 heavy (non-hydrogen) atoms. The van der Waals surface area contributed by atoms with Crippen molar-refractivity contribution in [3.8, 4) is 0 Å². The van der Waals surface area contributed by atoms with Gasteiger partial charge in [0.2, 0.25) is 0 Å². The van der Waals surface area contributed by atoms with Crippen molar-refractivity contribution in [3.63, 3.8) is 0 Å². The van der Waals surface area contributed by atoms with Crippen LogP contribution in [-0.4, -0.2) is 0 Å².